The van der Waals surface area contributed by atoms with Crippen molar-refractivity contribution >= 4 is 17.4 Å². The zero-order valence-corrected chi connectivity index (χ0v) is 12.6. The lowest BCUT2D eigenvalue weighted by Gasteiger charge is -2.26. The van der Waals surface area contributed by atoms with Gasteiger partial charge in [0.25, 0.3) is 0 Å². The standard InChI is InChI=1S/C13H25N5O/c1-6-8-17(9-11(19)16(4)5)13-12(14)10(3)15-18(13)7-2/h6-9,14H2,1-5H3. The van der Waals surface area contributed by atoms with E-state index in [-0.39, 0.29) is 5.91 Å². The largest absolute Gasteiger partial charge is 0.394 e. The number of hydrogen-bond acceptors (Lipinski definition) is 4. The topological polar surface area (TPSA) is 67.4 Å². The molecule has 0 aromatic carbocycles. The van der Waals surface area contributed by atoms with Crippen molar-refractivity contribution in [2.24, 2.45) is 0 Å². The molecule has 6 heteroatoms. The van der Waals surface area contributed by atoms with Crippen molar-refractivity contribution in [2.45, 2.75) is 33.7 Å². The number of nitrogens with two attached hydrogens (primary N) is 1. The molecule has 108 valence electrons. The Morgan fingerprint density at radius 1 is 1.37 bits per heavy atom. The van der Waals surface area contributed by atoms with Gasteiger partial charge in [-0.15, -0.1) is 0 Å². The van der Waals surface area contributed by atoms with E-state index in [1.54, 1.807) is 19.0 Å². The summed E-state index contributed by atoms with van der Waals surface area (Å²) in [5, 5.41) is 4.41. The maximum atomic E-state index is 11.9. The lowest BCUT2D eigenvalue weighted by molar-refractivity contribution is -0.127. The minimum absolute atomic E-state index is 0.0642. The van der Waals surface area contributed by atoms with Crippen LogP contribution in [0.1, 0.15) is 26.0 Å². The first kappa shape index (κ1) is 15.3. The van der Waals surface area contributed by atoms with Crippen LogP contribution in [0.3, 0.4) is 0 Å². The van der Waals surface area contributed by atoms with Crippen molar-refractivity contribution in [1.29, 1.82) is 0 Å². The SMILES string of the molecule is CCCN(CC(=O)N(C)C)c1c(N)c(C)nn1CC. The van der Waals surface area contributed by atoms with Gasteiger partial charge in [-0.1, -0.05) is 6.92 Å². The van der Waals surface area contributed by atoms with E-state index in [1.807, 2.05) is 23.4 Å². The number of amides is 1. The first-order valence-electron chi connectivity index (χ1n) is 6.70. The second-order valence-electron chi connectivity index (χ2n) is 4.85. The van der Waals surface area contributed by atoms with E-state index in [0.717, 1.165) is 31.0 Å². The fourth-order valence-corrected chi connectivity index (χ4v) is 1.97. The maximum absolute atomic E-state index is 11.9. The van der Waals surface area contributed by atoms with Crippen molar-refractivity contribution in [1.82, 2.24) is 14.7 Å². The van der Waals surface area contributed by atoms with Gasteiger partial charge in [-0.25, -0.2) is 4.68 Å². The van der Waals surface area contributed by atoms with Gasteiger partial charge in [-0.05, 0) is 20.3 Å². The van der Waals surface area contributed by atoms with Crippen molar-refractivity contribution in [3.63, 3.8) is 0 Å². The quantitative estimate of drug-likeness (QED) is 0.838. The van der Waals surface area contributed by atoms with E-state index in [9.17, 15) is 4.79 Å². The van der Waals surface area contributed by atoms with Crippen LogP contribution < -0.4 is 10.6 Å². The molecule has 2 N–H and O–H groups in total. The fraction of sp³-hybridized carbons (Fsp3) is 0.692. The minimum Gasteiger partial charge on any atom is -0.394 e. The number of nitrogens with zero attached hydrogens (tertiary/aromatic N) is 4. The Morgan fingerprint density at radius 3 is 2.47 bits per heavy atom. The molecule has 0 aliphatic rings. The number of aromatic nitrogens is 2. The molecule has 1 aromatic heterocycles. The van der Waals surface area contributed by atoms with Crippen LogP contribution in [0.5, 0.6) is 0 Å². The van der Waals surface area contributed by atoms with Crippen LogP contribution in [-0.4, -0.2) is 47.8 Å². The number of hydrogen-bond donors (Lipinski definition) is 1. The molecule has 0 unspecified atom stereocenters. The summed E-state index contributed by atoms with van der Waals surface area (Å²) in [5.41, 5.74) is 7.60. The highest BCUT2D eigenvalue weighted by Crippen LogP contribution is 2.26. The molecule has 6 nitrogen and oxygen atoms in total. The Morgan fingerprint density at radius 2 is 2.00 bits per heavy atom. The van der Waals surface area contributed by atoms with E-state index < -0.39 is 0 Å². The van der Waals surface area contributed by atoms with Crippen LogP contribution in [0.4, 0.5) is 11.5 Å². The molecule has 0 bridgehead atoms. The summed E-state index contributed by atoms with van der Waals surface area (Å²) in [6.07, 6.45) is 0.952. The zero-order valence-electron chi connectivity index (χ0n) is 12.6. The number of anilines is 2. The molecule has 1 aromatic rings. The summed E-state index contributed by atoms with van der Waals surface area (Å²) < 4.78 is 1.86. The van der Waals surface area contributed by atoms with Crippen LogP contribution in [-0.2, 0) is 11.3 Å². The Bertz CT molecular complexity index is 438. The molecule has 19 heavy (non-hydrogen) atoms. The summed E-state index contributed by atoms with van der Waals surface area (Å²) in [6.45, 7) is 7.85. The zero-order chi connectivity index (χ0) is 14.6. The monoisotopic (exact) mass is 267 g/mol. The highest BCUT2D eigenvalue weighted by molar-refractivity contribution is 5.82. The molecule has 0 fully saturated rings. The van der Waals surface area contributed by atoms with Gasteiger partial charge in [0, 0.05) is 27.2 Å². The summed E-state index contributed by atoms with van der Waals surface area (Å²) >= 11 is 0. The van der Waals surface area contributed by atoms with E-state index in [0.29, 0.717) is 12.2 Å². The molecule has 0 atom stereocenters. The fourth-order valence-electron chi connectivity index (χ4n) is 1.97. The average molecular weight is 267 g/mol. The van der Waals surface area contributed by atoms with E-state index in [2.05, 4.69) is 12.0 Å². The molecular weight excluding hydrogens is 242 g/mol. The smallest absolute Gasteiger partial charge is 0.241 e. The molecule has 0 aliphatic carbocycles. The summed E-state index contributed by atoms with van der Waals surface area (Å²) in [7, 11) is 3.52. The van der Waals surface area contributed by atoms with E-state index in [4.69, 9.17) is 5.73 Å². The highest BCUT2D eigenvalue weighted by Gasteiger charge is 2.20. The molecule has 1 rings (SSSR count). The van der Waals surface area contributed by atoms with Crippen LogP contribution >= 0.6 is 0 Å². The maximum Gasteiger partial charge on any atom is 0.241 e. The number of carbonyl (C=O) groups excluding carboxylic acids is 1. The van der Waals surface area contributed by atoms with Crippen LogP contribution in [0, 0.1) is 6.92 Å². The van der Waals surface area contributed by atoms with E-state index >= 15 is 0 Å². The normalized spacial score (nSPS) is 10.6. The molecule has 0 saturated heterocycles. The number of nitrogen functional groups attached to an aromatic ring is 1. The Balaban J connectivity index is 3.08. The van der Waals surface area contributed by atoms with Crippen molar-refractivity contribution < 1.29 is 4.79 Å². The first-order valence-corrected chi connectivity index (χ1v) is 6.70. The Labute approximate surface area is 115 Å². The van der Waals surface area contributed by atoms with E-state index in [1.165, 1.54) is 0 Å². The lowest BCUT2D eigenvalue weighted by atomic mass is 10.3. The summed E-state index contributed by atoms with van der Waals surface area (Å²) in [6, 6.07) is 0. The Hall–Kier alpha value is -1.72. The lowest BCUT2D eigenvalue weighted by Crippen LogP contribution is -2.38. The predicted molar refractivity (Wildman–Crippen MR) is 78.2 cm³/mol. The molecule has 0 saturated carbocycles. The second kappa shape index (κ2) is 6.45. The van der Waals surface area contributed by atoms with Crippen LogP contribution in [0.15, 0.2) is 0 Å². The average Bonchev–Trinajstić information content (AvgIpc) is 2.64. The van der Waals surface area contributed by atoms with Gasteiger partial charge in [0.1, 0.15) is 0 Å². The minimum atomic E-state index is 0.0642. The van der Waals surface area contributed by atoms with Gasteiger partial charge >= 0.3 is 0 Å². The number of likely N-dealkylation sites (N-methyl/N-ethyl adjacent to an activating group) is 1. The van der Waals surface area contributed by atoms with Crippen molar-refractivity contribution in [3.8, 4) is 0 Å². The van der Waals surface area contributed by atoms with Crippen LogP contribution in [0.25, 0.3) is 0 Å². The third kappa shape index (κ3) is 3.39. The number of aryl methyl sites for hydroxylation is 2. The summed E-state index contributed by atoms with van der Waals surface area (Å²) in [4.78, 5) is 15.5. The van der Waals surface area contributed by atoms with Crippen molar-refractivity contribution in [2.75, 3.05) is 37.8 Å². The predicted octanol–water partition coefficient (Wildman–Crippen LogP) is 1.10. The Kier molecular flexibility index (Phi) is 5.20. The van der Waals surface area contributed by atoms with Crippen LogP contribution in [0.2, 0.25) is 0 Å². The molecule has 1 heterocycles. The molecule has 0 radical (unpaired) electrons. The third-order valence-corrected chi connectivity index (χ3v) is 3.06. The molecule has 0 aliphatic heterocycles. The highest BCUT2D eigenvalue weighted by atomic mass is 16.2. The summed E-state index contributed by atoms with van der Waals surface area (Å²) in [5.74, 6) is 0.923. The third-order valence-electron chi connectivity index (χ3n) is 3.06. The van der Waals surface area contributed by atoms with Crippen molar-refractivity contribution in [3.05, 3.63) is 5.69 Å². The number of carbonyl (C=O) groups is 1. The second-order valence-corrected chi connectivity index (χ2v) is 4.85. The molecule has 0 spiro atoms. The van der Waals surface area contributed by atoms with Gasteiger partial charge in [0.05, 0.1) is 17.9 Å². The van der Waals surface area contributed by atoms with Gasteiger partial charge in [-0.3, -0.25) is 4.79 Å². The van der Waals surface area contributed by atoms with Gasteiger partial charge in [0.2, 0.25) is 5.91 Å². The number of rotatable bonds is 6. The first-order chi connectivity index (χ1) is 8.92. The van der Waals surface area contributed by atoms with Gasteiger partial charge < -0.3 is 15.5 Å². The molecule has 1 amide bonds. The van der Waals surface area contributed by atoms with Gasteiger partial charge in [0.15, 0.2) is 5.82 Å². The van der Waals surface area contributed by atoms with Gasteiger partial charge in [-0.2, -0.15) is 5.10 Å². The molecular formula is C13H25N5O.